The molecule has 0 saturated heterocycles. The number of aryl methyl sites for hydroxylation is 2. The van der Waals surface area contributed by atoms with Gasteiger partial charge in [-0.05, 0) is 39.1 Å². The second-order valence-corrected chi connectivity index (χ2v) is 5.94. The van der Waals surface area contributed by atoms with E-state index < -0.39 is 0 Å². The molecule has 0 amide bonds. The third-order valence-electron chi connectivity index (χ3n) is 3.62. The molecule has 4 nitrogen and oxygen atoms in total. The molecule has 114 valence electrons. The lowest BCUT2D eigenvalue weighted by atomic mass is 10.0. The summed E-state index contributed by atoms with van der Waals surface area (Å²) >= 11 is 3.49. The van der Waals surface area contributed by atoms with Crippen LogP contribution in [0.3, 0.4) is 0 Å². The fraction of sp³-hybridized carbons (Fsp3) is 0.438. The zero-order chi connectivity index (χ0) is 15.4. The molecule has 0 saturated carbocycles. The highest BCUT2D eigenvalue weighted by Gasteiger charge is 2.17. The quantitative estimate of drug-likeness (QED) is 0.865. The predicted molar refractivity (Wildman–Crippen MR) is 88.8 cm³/mol. The van der Waals surface area contributed by atoms with Gasteiger partial charge in [0.25, 0.3) is 0 Å². The number of rotatable bonds is 6. The number of hydrogen-bond acceptors (Lipinski definition) is 3. The molecule has 2 aromatic rings. The van der Waals surface area contributed by atoms with Crippen molar-refractivity contribution in [3.05, 3.63) is 45.7 Å². The Hall–Kier alpha value is -1.33. The molecule has 0 aliphatic carbocycles. The van der Waals surface area contributed by atoms with Crippen LogP contribution in [0.4, 0.5) is 0 Å². The van der Waals surface area contributed by atoms with Gasteiger partial charge in [0.1, 0.15) is 5.75 Å². The SMILES string of the molecule is CCn1nc(C)cc1CC(NC)c1ccc(Br)cc1OC. The van der Waals surface area contributed by atoms with E-state index >= 15 is 0 Å². The molecule has 1 aromatic carbocycles. The van der Waals surface area contributed by atoms with Gasteiger partial charge < -0.3 is 10.1 Å². The molecule has 2 rings (SSSR count). The first kappa shape index (κ1) is 16.0. The summed E-state index contributed by atoms with van der Waals surface area (Å²) in [5.74, 6) is 0.892. The van der Waals surface area contributed by atoms with E-state index in [4.69, 9.17) is 4.74 Å². The average Bonchev–Trinajstić information content (AvgIpc) is 2.84. The van der Waals surface area contributed by atoms with E-state index in [-0.39, 0.29) is 6.04 Å². The fourth-order valence-electron chi connectivity index (χ4n) is 2.59. The van der Waals surface area contributed by atoms with Crippen LogP contribution >= 0.6 is 15.9 Å². The first-order valence-corrected chi connectivity index (χ1v) is 7.92. The second-order valence-electron chi connectivity index (χ2n) is 5.02. The monoisotopic (exact) mass is 351 g/mol. The molecule has 0 bridgehead atoms. The van der Waals surface area contributed by atoms with Gasteiger partial charge in [-0.25, -0.2) is 0 Å². The number of methoxy groups -OCH3 is 1. The molecule has 21 heavy (non-hydrogen) atoms. The number of halogens is 1. The topological polar surface area (TPSA) is 39.1 Å². The normalized spacial score (nSPS) is 12.4. The summed E-state index contributed by atoms with van der Waals surface area (Å²) in [4.78, 5) is 0. The third kappa shape index (κ3) is 3.66. The van der Waals surface area contributed by atoms with Gasteiger partial charge in [-0.2, -0.15) is 5.10 Å². The Labute approximate surface area is 134 Å². The standard InChI is InChI=1S/C16H22BrN3O/c1-5-20-13(8-11(2)19-20)10-15(18-3)14-7-6-12(17)9-16(14)21-4/h6-9,15,18H,5,10H2,1-4H3. The van der Waals surface area contributed by atoms with Crippen LogP contribution in [0, 0.1) is 6.92 Å². The third-order valence-corrected chi connectivity index (χ3v) is 4.11. The number of nitrogens with zero attached hydrogens (tertiary/aromatic N) is 2. The Morgan fingerprint density at radius 1 is 1.38 bits per heavy atom. The fourth-order valence-corrected chi connectivity index (χ4v) is 2.93. The van der Waals surface area contributed by atoms with Crippen LogP contribution in [-0.2, 0) is 13.0 Å². The molecule has 0 aliphatic heterocycles. The van der Waals surface area contributed by atoms with Crippen molar-refractivity contribution in [2.45, 2.75) is 32.9 Å². The van der Waals surface area contributed by atoms with E-state index in [1.165, 1.54) is 5.69 Å². The van der Waals surface area contributed by atoms with Crippen molar-refractivity contribution in [1.29, 1.82) is 0 Å². The van der Waals surface area contributed by atoms with Gasteiger partial charge in [0.05, 0.1) is 12.8 Å². The van der Waals surface area contributed by atoms with Crippen molar-refractivity contribution < 1.29 is 4.74 Å². The Kier molecular flexibility index (Phi) is 5.42. The molecular formula is C16H22BrN3O. The van der Waals surface area contributed by atoms with Gasteiger partial charge in [0.15, 0.2) is 0 Å². The van der Waals surface area contributed by atoms with Crippen LogP contribution < -0.4 is 10.1 Å². The first-order chi connectivity index (χ1) is 10.1. The van der Waals surface area contributed by atoms with Gasteiger partial charge in [-0.1, -0.05) is 22.0 Å². The summed E-state index contributed by atoms with van der Waals surface area (Å²) < 4.78 is 8.60. The smallest absolute Gasteiger partial charge is 0.124 e. The molecule has 1 aromatic heterocycles. The highest BCUT2D eigenvalue weighted by Crippen LogP contribution is 2.30. The van der Waals surface area contributed by atoms with Gasteiger partial charge in [-0.15, -0.1) is 0 Å². The zero-order valence-corrected chi connectivity index (χ0v) is 14.6. The van der Waals surface area contributed by atoms with Crippen LogP contribution in [0.2, 0.25) is 0 Å². The number of ether oxygens (including phenoxy) is 1. The summed E-state index contributed by atoms with van der Waals surface area (Å²) in [5.41, 5.74) is 3.45. The summed E-state index contributed by atoms with van der Waals surface area (Å²) in [7, 11) is 3.68. The predicted octanol–water partition coefficient (Wildman–Crippen LogP) is 3.49. The van der Waals surface area contributed by atoms with E-state index in [0.717, 1.165) is 34.4 Å². The molecule has 5 heteroatoms. The van der Waals surface area contributed by atoms with Crippen LogP contribution in [0.5, 0.6) is 5.75 Å². The minimum absolute atomic E-state index is 0.189. The zero-order valence-electron chi connectivity index (χ0n) is 13.0. The van der Waals surface area contributed by atoms with Gasteiger partial charge in [-0.3, -0.25) is 4.68 Å². The van der Waals surface area contributed by atoms with Crippen molar-refractivity contribution in [2.75, 3.05) is 14.2 Å². The van der Waals surface area contributed by atoms with Crippen LogP contribution in [-0.4, -0.2) is 23.9 Å². The molecule has 0 radical (unpaired) electrons. The summed E-state index contributed by atoms with van der Waals surface area (Å²) in [6.07, 6.45) is 0.878. The van der Waals surface area contributed by atoms with Crippen molar-refractivity contribution in [3.8, 4) is 5.75 Å². The molecule has 1 unspecified atom stereocenters. The Bertz CT molecular complexity index is 610. The van der Waals surface area contributed by atoms with Crippen molar-refractivity contribution in [3.63, 3.8) is 0 Å². The molecule has 0 aliphatic rings. The maximum absolute atomic E-state index is 5.52. The van der Waals surface area contributed by atoms with Crippen molar-refractivity contribution >= 4 is 15.9 Å². The molecule has 1 atom stereocenters. The number of benzene rings is 1. The molecule has 1 heterocycles. The van der Waals surface area contributed by atoms with Crippen LogP contribution in [0.1, 0.15) is 29.9 Å². The van der Waals surface area contributed by atoms with Crippen molar-refractivity contribution in [2.24, 2.45) is 0 Å². The van der Waals surface area contributed by atoms with Crippen LogP contribution in [0.25, 0.3) is 0 Å². The van der Waals surface area contributed by atoms with E-state index in [1.54, 1.807) is 7.11 Å². The average molecular weight is 352 g/mol. The van der Waals surface area contributed by atoms with E-state index in [9.17, 15) is 0 Å². The van der Waals surface area contributed by atoms with E-state index in [2.05, 4.69) is 50.1 Å². The maximum Gasteiger partial charge on any atom is 0.124 e. The number of nitrogens with one attached hydrogen (secondary N) is 1. The van der Waals surface area contributed by atoms with E-state index in [1.807, 2.05) is 26.1 Å². The molecular weight excluding hydrogens is 330 g/mol. The number of aromatic nitrogens is 2. The summed E-state index contributed by atoms with van der Waals surface area (Å²) in [6.45, 7) is 5.03. The Morgan fingerprint density at radius 3 is 2.76 bits per heavy atom. The minimum Gasteiger partial charge on any atom is -0.496 e. The largest absolute Gasteiger partial charge is 0.496 e. The summed E-state index contributed by atoms with van der Waals surface area (Å²) in [5, 5.41) is 7.90. The lowest BCUT2D eigenvalue weighted by molar-refractivity contribution is 0.399. The Morgan fingerprint density at radius 2 is 2.14 bits per heavy atom. The lowest BCUT2D eigenvalue weighted by Gasteiger charge is -2.20. The highest BCUT2D eigenvalue weighted by atomic mass is 79.9. The molecule has 1 N–H and O–H groups in total. The van der Waals surface area contributed by atoms with Gasteiger partial charge in [0, 0.05) is 34.7 Å². The highest BCUT2D eigenvalue weighted by molar-refractivity contribution is 9.10. The maximum atomic E-state index is 5.52. The second kappa shape index (κ2) is 7.09. The van der Waals surface area contributed by atoms with E-state index in [0.29, 0.717) is 0 Å². The van der Waals surface area contributed by atoms with Gasteiger partial charge >= 0.3 is 0 Å². The lowest BCUT2D eigenvalue weighted by Crippen LogP contribution is -2.21. The van der Waals surface area contributed by atoms with Gasteiger partial charge in [0.2, 0.25) is 0 Å². The molecule has 0 spiro atoms. The Balaban J connectivity index is 2.31. The molecule has 0 fully saturated rings. The van der Waals surface area contributed by atoms with Crippen LogP contribution in [0.15, 0.2) is 28.7 Å². The summed E-state index contributed by atoms with van der Waals surface area (Å²) in [6, 6.07) is 8.49. The minimum atomic E-state index is 0.189. The number of hydrogen-bond donors (Lipinski definition) is 1. The number of likely N-dealkylation sites (N-methyl/N-ethyl adjacent to an activating group) is 1. The first-order valence-electron chi connectivity index (χ1n) is 7.13. The van der Waals surface area contributed by atoms with Crippen molar-refractivity contribution in [1.82, 2.24) is 15.1 Å².